The Morgan fingerprint density at radius 3 is 2.28 bits per heavy atom. The van der Waals surface area contributed by atoms with Gasteiger partial charge in [-0.25, -0.2) is 9.59 Å². The Balaban J connectivity index is 1.15. The number of fused-ring (bicyclic) bond motifs is 2. The number of rotatable bonds is 6. The highest BCUT2D eigenvalue weighted by Crippen LogP contribution is 2.34. The van der Waals surface area contributed by atoms with Gasteiger partial charge >= 0.3 is 18.0 Å². The van der Waals surface area contributed by atoms with Gasteiger partial charge in [0.05, 0.1) is 28.8 Å². The second-order valence-electron chi connectivity index (χ2n) is 13.4. The van der Waals surface area contributed by atoms with Crippen molar-refractivity contribution >= 4 is 17.1 Å². The monoisotopic (exact) mass is 638 g/mol. The molecule has 12 heteroatoms. The molecular formula is C34H41F3N6O3. The third-order valence-electron chi connectivity index (χ3n) is 9.03. The van der Waals surface area contributed by atoms with Crippen molar-refractivity contribution in [2.75, 3.05) is 26.2 Å². The molecule has 0 atom stereocenters. The van der Waals surface area contributed by atoms with E-state index in [9.17, 15) is 22.8 Å². The zero-order chi connectivity index (χ0) is 32.8. The molecule has 4 heterocycles. The molecule has 2 aromatic carbocycles. The van der Waals surface area contributed by atoms with E-state index in [-0.39, 0.29) is 18.3 Å². The van der Waals surface area contributed by atoms with Gasteiger partial charge in [0.2, 0.25) is 0 Å². The molecule has 0 aliphatic carbocycles. The number of alkyl halides is 3. The maximum absolute atomic E-state index is 13.3. The largest absolute Gasteiger partial charge is 0.444 e. The first kappa shape index (κ1) is 31.9. The molecule has 0 saturated carbocycles. The van der Waals surface area contributed by atoms with Gasteiger partial charge in [0.25, 0.3) is 0 Å². The molecule has 0 N–H and O–H groups in total. The fraction of sp³-hybridized carbons (Fsp3) is 0.500. The summed E-state index contributed by atoms with van der Waals surface area (Å²) in [5.74, 6) is 0. The molecule has 2 aromatic heterocycles. The fourth-order valence-corrected chi connectivity index (χ4v) is 6.72. The number of para-hydroxylation sites is 2. The highest BCUT2D eigenvalue weighted by molar-refractivity contribution is 5.76. The second-order valence-corrected chi connectivity index (χ2v) is 13.4. The lowest BCUT2D eigenvalue weighted by Crippen LogP contribution is -2.40. The first-order chi connectivity index (χ1) is 21.8. The van der Waals surface area contributed by atoms with Crippen molar-refractivity contribution in [2.24, 2.45) is 7.05 Å². The number of aryl methyl sites for hydroxylation is 2. The van der Waals surface area contributed by atoms with Crippen molar-refractivity contribution in [1.29, 1.82) is 0 Å². The van der Waals surface area contributed by atoms with Crippen LogP contribution >= 0.6 is 0 Å². The Hall–Kier alpha value is -4.06. The molecule has 9 nitrogen and oxygen atoms in total. The van der Waals surface area contributed by atoms with E-state index in [2.05, 4.69) is 4.90 Å². The highest BCUT2D eigenvalue weighted by atomic mass is 19.4. The Labute approximate surface area is 266 Å². The van der Waals surface area contributed by atoms with Crippen LogP contribution in [0.4, 0.5) is 18.0 Å². The molecule has 46 heavy (non-hydrogen) atoms. The van der Waals surface area contributed by atoms with Gasteiger partial charge in [-0.15, -0.1) is 0 Å². The molecule has 2 aliphatic rings. The Morgan fingerprint density at radius 2 is 1.63 bits per heavy atom. The van der Waals surface area contributed by atoms with Gasteiger partial charge in [-0.1, -0.05) is 24.3 Å². The number of halogens is 3. The van der Waals surface area contributed by atoms with E-state index in [0.717, 1.165) is 73.3 Å². The third-order valence-corrected chi connectivity index (χ3v) is 9.03. The van der Waals surface area contributed by atoms with Crippen molar-refractivity contribution in [1.82, 2.24) is 28.7 Å². The summed E-state index contributed by atoms with van der Waals surface area (Å²) >= 11 is 0. The van der Waals surface area contributed by atoms with Crippen LogP contribution in [0, 0.1) is 0 Å². The van der Waals surface area contributed by atoms with Gasteiger partial charge in [-0.3, -0.25) is 13.8 Å². The smallest absolute Gasteiger partial charge is 0.416 e. The number of ether oxygens (including phenoxy) is 1. The number of piperidine rings is 1. The van der Waals surface area contributed by atoms with Crippen LogP contribution < -0.4 is 5.69 Å². The van der Waals surface area contributed by atoms with Crippen LogP contribution in [0.3, 0.4) is 0 Å². The van der Waals surface area contributed by atoms with Gasteiger partial charge in [-0.2, -0.15) is 18.3 Å². The molecule has 0 unspecified atom stereocenters. The minimum Gasteiger partial charge on any atom is -0.444 e. The Bertz CT molecular complexity index is 1770. The average molecular weight is 639 g/mol. The van der Waals surface area contributed by atoms with Crippen LogP contribution in [-0.2, 0) is 37.5 Å². The number of hydrogen-bond acceptors (Lipinski definition) is 5. The van der Waals surface area contributed by atoms with E-state index < -0.39 is 23.4 Å². The SMILES string of the molecule is Cn1c(=O)n(C2CCN(CCCn3nc(-c4ccc(C(F)(F)F)cc4)c4c3CCN(C(=O)OC(C)(C)C)C4)CC2)c2ccccc21. The van der Waals surface area contributed by atoms with Crippen LogP contribution in [-0.4, -0.2) is 66.6 Å². The minimum atomic E-state index is -4.43. The van der Waals surface area contributed by atoms with Crippen LogP contribution in [0.25, 0.3) is 22.3 Å². The maximum atomic E-state index is 13.3. The summed E-state index contributed by atoms with van der Waals surface area (Å²) in [7, 11) is 1.82. The molecule has 6 rings (SSSR count). The Morgan fingerprint density at radius 1 is 0.957 bits per heavy atom. The number of amides is 1. The molecule has 2 aliphatic heterocycles. The lowest BCUT2D eigenvalue weighted by Gasteiger charge is -2.32. The maximum Gasteiger partial charge on any atom is 0.416 e. The van der Waals surface area contributed by atoms with Crippen molar-refractivity contribution in [3.8, 4) is 11.3 Å². The number of hydrogen-bond donors (Lipinski definition) is 0. The van der Waals surface area contributed by atoms with Crippen LogP contribution in [0.1, 0.15) is 62.9 Å². The van der Waals surface area contributed by atoms with Gasteiger partial charge in [0, 0.05) is 62.5 Å². The van der Waals surface area contributed by atoms with Crippen molar-refractivity contribution < 1.29 is 22.7 Å². The molecule has 246 valence electrons. The summed E-state index contributed by atoms with van der Waals surface area (Å²) in [5.41, 5.74) is 3.62. The molecule has 4 aromatic rings. The van der Waals surface area contributed by atoms with Crippen LogP contribution in [0.15, 0.2) is 53.3 Å². The van der Waals surface area contributed by atoms with Crippen LogP contribution in [0.2, 0.25) is 0 Å². The number of carbonyl (C=O) groups is 1. The molecule has 0 spiro atoms. The summed E-state index contributed by atoms with van der Waals surface area (Å²) < 4.78 is 51.0. The summed E-state index contributed by atoms with van der Waals surface area (Å²) in [4.78, 5) is 30.0. The number of aromatic nitrogens is 4. The summed E-state index contributed by atoms with van der Waals surface area (Å²) in [6, 6.07) is 13.1. The van der Waals surface area contributed by atoms with Gasteiger partial charge in [-0.05, 0) is 70.8 Å². The summed E-state index contributed by atoms with van der Waals surface area (Å²) in [6.45, 7) is 9.50. The molecule has 1 amide bonds. The predicted molar refractivity (Wildman–Crippen MR) is 170 cm³/mol. The first-order valence-corrected chi connectivity index (χ1v) is 15.9. The van der Waals surface area contributed by atoms with Gasteiger partial charge in [0.15, 0.2) is 0 Å². The lowest BCUT2D eigenvalue weighted by molar-refractivity contribution is -0.137. The zero-order valence-corrected chi connectivity index (χ0v) is 26.8. The Kier molecular flexibility index (Phi) is 8.51. The van der Waals surface area contributed by atoms with E-state index in [1.807, 2.05) is 61.3 Å². The molecule has 0 radical (unpaired) electrons. The summed E-state index contributed by atoms with van der Waals surface area (Å²) in [6.07, 6.45) is -1.64. The first-order valence-electron chi connectivity index (χ1n) is 15.9. The van der Waals surface area contributed by atoms with Crippen molar-refractivity contribution in [2.45, 2.75) is 77.4 Å². The minimum absolute atomic E-state index is 0.0252. The third kappa shape index (κ3) is 6.44. The average Bonchev–Trinajstić information content (AvgIpc) is 3.50. The lowest BCUT2D eigenvalue weighted by atomic mass is 10.00. The normalized spacial score (nSPS) is 16.6. The zero-order valence-electron chi connectivity index (χ0n) is 26.8. The molecule has 1 saturated heterocycles. The van der Waals surface area contributed by atoms with Crippen LogP contribution in [0.5, 0.6) is 0 Å². The van der Waals surface area contributed by atoms with Gasteiger partial charge < -0.3 is 14.5 Å². The fourth-order valence-electron chi connectivity index (χ4n) is 6.72. The topological polar surface area (TPSA) is 77.5 Å². The van der Waals surface area contributed by atoms with E-state index in [1.165, 1.54) is 12.1 Å². The molecule has 0 bridgehead atoms. The van der Waals surface area contributed by atoms with E-state index in [4.69, 9.17) is 9.84 Å². The van der Waals surface area contributed by atoms with E-state index >= 15 is 0 Å². The molecule has 1 fully saturated rings. The predicted octanol–water partition coefficient (Wildman–Crippen LogP) is 6.24. The highest BCUT2D eigenvalue weighted by Gasteiger charge is 2.33. The number of imidazole rings is 1. The van der Waals surface area contributed by atoms with E-state index in [1.54, 1.807) is 9.47 Å². The quantitative estimate of drug-likeness (QED) is 0.250. The van der Waals surface area contributed by atoms with Gasteiger partial charge in [0.1, 0.15) is 5.60 Å². The number of likely N-dealkylation sites (tertiary alicyclic amines) is 1. The van der Waals surface area contributed by atoms with E-state index in [0.29, 0.717) is 30.8 Å². The molecular weight excluding hydrogens is 597 g/mol. The van der Waals surface area contributed by atoms with Crippen molar-refractivity contribution in [3.63, 3.8) is 0 Å². The van der Waals surface area contributed by atoms with Crippen molar-refractivity contribution in [3.05, 3.63) is 75.8 Å². The summed E-state index contributed by atoms with van der Waals surface area (Å²) in [5, 5.41) is 4.90. The number of benzene rings is 2. The number of nitrogens with zero attached hydrogens (tertiary/aromatic N) is 6. The second kappa shape index (κ2) is 12.3. The standard InChI is InChI=1S/C34H41F3N6O3/c1-33(2,3)46-32(45)41-21-16-27-26(22-41)30(23-10-12-24(13-11-23)34(35,36)37)38-42(27)18-7-17-40-19-14-25(15-20-40)43-29-9-6-5-8-28(29)39(4)31(43)44/h5-6,8-13,25H,7,14-22H2,1-4H3. The number of carbonyl (C=O) groups excluding carboxylic acids is 1.